The third-order valence-corrected chi connectivity index (χ3v) is 3.74. The third-order valence-electron chi connectivity index (χ3n) is 3.74. The second-order valence-electron chi connectivity index (χ2n) is 5.25. The summed E-state index contributed by atoms with van der Waals surface area (Å²) < 4.78 is 5.43. The smallest absolute Gasteiger partial charge is 0.119 e. The van der Waals surface area contributed by atoms with E-state index >= 15 is 0 Å². The molecule has 0 bridgehead atoms. The van der Waals surface area contributed by atoms with Gasteiger partial charge in [-0.3, -0.25) is 4.99 Å². The lowest BCUT2D eigenvalue weighted by molar-refractivity contribution is 0.340. The summed E-state index contributed by atoms with van der Waals surface area (Å²) in [4.78, 5) is 6.64. The summed E-state index contributed by atoms with van der Waals surface area (Å²) in [5, 5.41) is 0. The van der Waals surface area contributed by atoms with Crippen molar-refractivity contribution in [2.75, 3.05) is 18.6 Å². The van der Waals surface area contributed by atoms with Gasteiger partial charge in [-0.2, -0.15) is 0 Å². The van der Waals surface area contributed by atoms with Crippen molar-refractivity contribution in [3.05, 3.63) is 71.9 Å². The summed E-state index contributed by atoms with van der Waals surface area (Å²) in [6, 6.07) is 16.1. The Kier molecular flexibility index (Phi) is 4.57. The first-order valence-corrected chi connectivity index (χ1v) is 7.76. The summed E-state index contributed by atoms with van der Waals surface area (Å²) >= 11 is 0. The summed E-state index contributed by atoms with van der Waals surface area (Å²) in [6.45, 7) is 2.65. The van der Waals surface area contributed by atoms with Gasteiger partial charge in [0.1, 0.15) is 5.75 Å². The van der Waals surface area contributed by atoms with Crippen molar-refractivity contribution in [1.29, 1.82) is 0 Å². The van der Waals surface area contributed by atoms with Crippen LogP contribution in [0.5, 0.6) is 5.75 Å². The molecule has 1 heterocycles. The lowest BCUT2D eigenvalue weighted by Gasteiger charge is -2.25. The largest absolute Gasteiger partial charge is 0.494 e. The van der Waals surface area contributed by atoms with E-state index in [-0.39, 0.29) is 0 Å². The van der Waals surface area contributed by atoms with Crippen LogP contribution >= 0.6 is 0 Å². The van der Waals surface area contributed by atoms with Gasteiger partial charge in [-0.1, -0.05) is 24.3 Å². The maximum atomic E-state index is 5.43. The Morgan fingerprint density at radius 1 is 1.04 bits per heavy atom. The summed E-state index contributed by atoms with van der Waals surface area (Å²) in [5.74, 6) is 0.872. The van der Waals surface area contributed by atoms with E-state index in [0.29, 0.717) is 6.61 Å². The van der Waals surface area contributed by atoms with Crippen LogP contribution in [0.1, 0.15) is 12.5 Å². The van der Waals surface area contributed by atoms with Gasteiger partial charge >= 0.3 is 0 Å². The molecule has 1 aliphatic heterocycles. The zero-order chi connectivity index (χ0) is 16.1. The van der Waals surface area contributed by atoms with Crippen molar-refractivity contribution in [1.82, 2.24) is 0 Å². The fourth-order valence-electron chi connectivity index (χ4n) is 2.52. The first-order chi connectivity index (χ1) is 11.3. The fraction of sp³-hybridized carbons (Fsp3) is 0.150. The zero-order valence-electron chi connectivity index (χ0n) is 13.4. The van der Waals surface area contributed by atoms with Crippen molar-refractivity contribution in [3.8, 4) is 5.75 Å². The number of aliphatic imine (C=N–C) groups is 1. The number of nitrogens with zero attached hydrogens (tertiary/aromatic N) is 2. The van der Waals surface area contributed by atoms with Crippen molar-refractivity contribution in [2.45, 2.75) is 6.92 Å². The lowest BCUT2D eigenvalue weighted by Crippen LogP contribution is -2.18. The molecule has 0 spiro atoms. The maximum Gasteiger partial charge on any atom is 0.119 e. The minimum absolute atomic E-state index is 0.675. The van der Waals surface area contributed by atoms with Crippen LogP contribution in [0.3, 0.4) is 0 Å². The monoisotopic (exact) mass is 304 g/mol. The summed E-state index contributed by atoms with van der Waals surface area (Å²) in [6.07, 6.45) is 8.08. The molecule has 2 aromatic rings. The van der Waals surface area contributed by atoms with Crippen molar-refractivity contribution < 1.29 is 4.74 Å². The summed E-state index contributed by atoms with van der Waals surface area (Å²) in [7, 11) is 2.07. The first kappa shape index (κ1) is 15.1. The van der Waals surface area contributed by atoms with Gasteiger partial charge in [0, 0.05) is 24.6 Å². The highest BCUT2D eigenvalue weighted by Crippen LogP contribution is 2.28. The van der Waals surface area contributed by atoms with Gasteiger partial charge in [-0.15, -0.1) is 0 Å². The molecule has 0 aromatic heterocycles. The van der Waals surface area contributed by atoms with E-state index in [4.69, 9.17) is 4.74 Å². The molecule has 0 N–H and O–H groups in total. The molecular weight excluding hydrogens is 284 g/mol. The number of hydrogen-bond acceptors (Lipinski definition) is 3. The first-order valence-electron chi connectivity index (χ1n) is 7.76. The molecule has 0 unspecified atom stereocenters. The number of hydrogen-bond donors (Lipinski definition) is 0. The van der Waals surface area contributed by atoms with Crippen LogP contribution < -0.4 is 9.64 Å². The van der Waals surface area contributed by atoms with Crippen LogP contribution in [-0.2, 0) is 0 Å². The van der Waals surface area contributed by atoms with Gasteiger partial charge in [-0.25, -0.2) is 0 Å². The number of likely N-dealkylation sites (N-methyl/N-ethyl adjacent to an activating group) is 1. The average molecular weight is 304 g/mol. The quantitative estimate of drug-likeness (QED) is 0.755. The Labute approximate surface area is 137 Å². The van der Waals surface area contributed by atoms with E-state index in [0.717, 1.165) is 17.1 Å². The summed E-state index contributed by atoms with van der Waals surface area (Å²) in [5.41, 5.74) is 4.46. The number of benzene rings is 2. The minimum Gasteiger partial charge on any atom is -0.494 e. The molecule has 0 radical (unpaired) electrons. The van der Waals surface area contributed by atoms with Gasteiger partial charge < -0.3 is 9.64 Å². The highest BCUT2D eigenvalue weighted by molar-refractivity contribution is 5.82. The molecule has 0 aliphatic carbocycles. The maximum absolute atomic E-state index is 5.43. The third kappa shape index (κ3) is 3.51. The average Bonchev–Trinajstić information content (AvgIpc) is 2.59. The number of fused-ring (bicyclic) bond motifs is 1. The van der Waals surface area contributed by atoms with Gasteiger partial charge in [-0.05, 0) is 55.0 Å². The number of anilines is 1. The molecule has 3 rings (SSSR count). The Morgan fingerprint density at radius 2 is 1.83 bits per heavy atom. The molecule has 23 heavy (non-hydrogen) atoms. The van der Waals surface area contributed by atoms with Gasteiger partial charge in [0.15, 0.2) is 0 Å². The van der Waals surface area contributed by atoms with Crippen molar-refractivity contribution >= 4 is 23.7 Å². The predicted molar refractivity (Wildman–Crippen MR) is 97.7 cm³/mol. The molecule has 116 valence electrons. The predicted octanol–water partition coefficient (Wildman–Crippen LogP) is 4.83. The van der Waals surface area contributed by atoms with Gasteiger partial charge in [0.05, 0.1) is 12.3 Å². The standard InChI is InChI=1S/C20H20N2O/c1-3-23-19-12-9-17(10-13-19)21-15-14-18-11-8-16-6-4-5-7-20(16)22(18)2/h4-15H,3H2,1-2H3/b18-14+,21-15?. The van der Waals surface area contributed by atoms with Crippen LogP contribution in [0.15, 0.2) is 71.4 Å². The second kappa shape index (κ2) is 6.97. The van der Waals surface area contributed by atoms with Crippen LogP contribution in [0.4, 0.5) is 11.4 Å². The molecule has 3 nitrogen and oxygen atoms in total. The number of rotatable bonds is 4. The SMILES string of the molecule is CCOc1ccc(N=C/C=C2\C=Cc3ccccc3N2C)cc1. The fourth-order valence-corrected chi connectivity index (χ4v) is 2.52. The van der Waals surface area contributed by atoms with Crippen LogP contribution in [0, 0.1) is 0 Å². The number of para-hydroxylation sites is 1. The Balaban J connectivity index is 1.73. The van der Waals surface area contributed by atoms with Crippen molar-refractivity contribution in [3.63, 3.8) is 0 Å². The molecular formula is C20H20N2O. The number of ether oxygens (including phenoxy) is 1. The van der Waals surface area contributed by atoms with Gasteiger partial charge in [0.2, 0.25) is 0 Å². The number of allylic oxidation sites excluding steroid dienone is 2. The Morgan fingerprint density at radius 3 is 2.61 bits per heavy atom. The molecule has 2 aromatic carbocycles. The van der Waals surface area contributed by atoms with E-state index in [1.807, 2.05) is 43.5 Å². The molecule has 0 saturated carbocycles. The zero-order valence-corrected chi connectivity index (χ0v) is 13.4. The molecule has 3 heteroatoms. The van der Waals surface area contributed by atoms with E-state index in [1.54, 1.807) is 0 Å². The van der Waals surface area contributed by atoms with Crippen LogP contribution in [0.2, 0.25) is 0 Å². The van der Waals surface area contributed by atoms with Crippen molar-refractivity contribution in [2.24, 2.45) is 4.99 Å². The van der Waals surface area contributed by atoms with E-state index in [9.17, 15) is 0 Å². The van der Waals surface area contributed by atoms with E-state index in [2.05, 4.69) is 53.4 Å². The molecule has 0 atom stereocenters. The van der Waals surface area contributed by atoms with Gasteiger partial charge in [0.25, 0.3) is 0 Å². The molecule has 0 fully saturated rings. The Bertz CT molecular complexity index is 757. The van der Waals surface area contributed by atoms with E-state index in [1.165, 1.54) is 11.3 Å². The molecule has 0 saturated heterocycles. The highest BCUT2D eigenvalue weighted by atomic mass is 16.5. The van der Waals surface area contributed by atoms with E-state index < -0.39 is 0 Å². The van der Waals surface area contributed by atoms with Crippen LogP contribution in [-0.4, -0.2) is 19.9 Å². The normalized spacial score (nSPS) is 15.2. The second-order valence-corrected chi connectivity index (χ2v) is 5.25. The van der Waals surface area contributed by atoms with Crippen LogP contribution in [0.25, 0.3) is 6.08 Å². The molecule has 0 amide bonds. The topological polar surface area (TPSA) is 24.8 Å². The lowest BCUT2D eigenvalue weighted by atomic mass is 10.1. The minimum atomic E-state index is 0.675. The highest BCUT2D eigenvalue weighted by Gasteiger charge is 2.11. The Hall–Kier alpha value is -2.81. The molecule has 1 aliphatic rings.